The first-order chi connectivity index (χ1) is 11.5. The fourth-order valence-electron chi connectivity index (χ4n) is 4.16. The molecule has 126 valence electrons. The van der Waals surface area contributed by atoms with Gasteiger partial charge in [0.1, 0.15) is 5.76 Å². The zero-order valence-electron chi connectivity index (χ0n) is 14.0. The minimum absolute atomic E-state index is 0.0834. The molecule has 0 bridgehead atoms. The summed E-state index contributed by atoms with van der Waals surface area (Å²) in [6.45, 7) is 4.96. The summed E-state index contributed by atoms with van der Waals surface area (Å²) in [5.74, 6) is 0.562. The summed E-state index contributed by atoms with van der Waals surface area (Å²) < 4.78 is 10.7. The van der Waals surface area contributed by atoms with Crippen LogP contribution in [0.1, 0.15) is 35.4 Å². The number of aryl methyl sites for hydroxylation is 2. The number of ether oxygens (including phenoxy) is 1. The molecule has 1 aliphatic heterocycles. The Balaban J connectivity index is 1.82. The van der Waals surface area contributed by atoms with Gasteiger partial charge in [0.25, 0.3) is 0 Å². The lowest BCUT2D eigenvalue weighted by Crippen LogP contribution is -2.42. The van der Waals surface area contributed by atoms with Crippen LogP contribution in [0.15, 0.2) is 22.7 Å². The van der Waals surface area contributed by atoms with Crippen LogP contribution in [0.4, 0.5) is 0 Å². The molecule has 1 aromatic carbocycles. The number of fused-ring (bicyclic) bond motifs is 1. The van der Waals surface area contributed by atoms with Crippen LogP contribution in [0.5, 0.6) is 0 Å². The lowest BCUT2D eigenvalue weighted by Gasteiger charge is -2.35. The Morgan fingerprint density at radius 3 is 2.67 bits per heavy atom. The van der Waals surface area contributed by atoms with Gasteiger partial charge in [-0.3, -0.25) is 4.79 Å². The number of benzene rings is 1. The standard InChI is InChI=1S/C19H21NO4/c1-11-18(12(2)24-20-11)14-4-3-13-10-17(21)19(22,16(13)9-14)15-5-7-23-8-6-15/h3-4,9,15,22H,5-8,10H2,1-2H3. The van der Waals surface area contributed by atoms with E-state index < -0.39 is 5.60 Å². The summed E-state index contributed by atoms with van der Waals surface area (Å²) in [5, 5.41) is 15.4. The molecular formula is C19H21NO4. The maximum Gasteiger partial charge on any atom is 0.173 e. The Labute approximate surface area is 140 Å². The average molecular weight is 327 g/mol. The molecule has 2 aromatic rings. The Morgan fingerprint density at radius 1 is 1.25 bits per heavy atom. The van der Waals surface area contributed by atoms with Crippen molar-refractivity contribution in [1.29, 1.82) is 0 Å². The van der Waals surface area contributed by atoms with E-state index in [-0.39, 0.29) is 11.7 Å². The molecule has 1 aliphatic carbocycles. The van der Waals surface area contributed by atoms with E-state index in [0.717, 1.165) is 33.7 Å². The highest BCUT2D eigenvalue weighted by molar-refractivity contribution is 5.96. The van der Waals surface area contributed by atoms with Crippen LogP contribution < -0.4 is 0 Å². The number of aliphatic hydroxyl groups is 1. The van der Waals surface area contributed by atoms with E-state index >= 15 is 0 Å². The van der Waals surface area contributed by atoms with Crippen LogP contribution in [-0.2, 0) is 21.6 Å². The molecule has 0 radical (unpaired) electrons. The summed E-state index contributed by atoms with van der Waals surface area (Å²) >= 11 is 0. The largest absolute Gasteiger partial charge is 0.381 e. The quantitative estimate of drug-likeness (QED) is 0.918. The number of Topliss-reactive ketones (excluding diaryl/α,β-unsaturated/α-hetero) is 1. The number of hydrogen-bond acceptors (Lipinski definition) is 5. The van der Waals surface area contributed by atoms with Crippen molar-refractivity contribution in [2.24, 2.45) is 5.92 Å². The fraction of sp³-hybridized carbons (Fsp3) is 0.474. The monoisotopic (exact) mass is 327 g/mol. The van der Waals surface area contributed by atoms with Gasteiger partial charge in [0.15, 0.2) is 11.4 Å². The smallest absolute Gasteiger partial charge is 0.173 e. The summed E-state index contributed by atoms with van der Waals surface area (Å²) in [6.07, 6.45) is 1.71. The molecule has 0 amide bonds. The van der Waals surface area contributed by atoms with Crippen molar-refractivity contribution in [2.75, 3.05) is 13.2 Å². The SMILES string of the molecule is Cc1noc(C)c1-c1ccc2c(c1)C(O)(C1CCOCC1)C(=O)C2. The van der Waals surface area contributed by atoms with Crippen molar-refractivity contribution in [3.05, 3.63) is 40.8 Å². The van der Waals surface area contributed by atoms with Gasteiger partial charge < -0.3 is 14.4 Å². The molecule has 0 saturated carbocycles. The highest BCUT2D eigenvalue weighted by Crippen LogP contribution is 2.45. The second-order valence-electron chi connectivity index (χ2n) is 6.82. The Hall–Kier alpha value is -1.98. The minimum atomic E-state index is -1.39. The lowest BCUT2D eigenvalue weighted by molar-refractivity contribution is -0.146. The van der Waals surface area contributed by atoms with E-state index in [1.807, 2.05) is 32.0 Å². The van der Waals surface area contributed by atoms with E-state index in [2.05, 4.69) is 5.16 Å². The normalized spacial score (nSPS) is 24.4. The average Bonchev–Trinajstić information content (AvgIpc) is 3.06. The van der Waals surface area contributed by atoms with E-state index in [1.165, 1.54) is 0 Å². The second-order valence-corrected chi connectivity index (χ2v) is 6.82. The third-order valence-electron chi connectivity index (χ3n) is 5.43. The van der Waals surface area contributed by atoms with E-state index in [9.17, 15) is 9.90 Å². The van der Waals surface area contributed by atoms with Crippen molar-refractivity contribution in [2.45, 2.75) is 38.7 Å². The molecule has 2 aliphatic rings. The first-order valence-electron chi connectivity index (χ1n) is 8.42. The Morgan fingerprint density at radius 2 is 2.00 bits per heavy atom. The summed E-state index contributed by atoms with van der Waals surface area (Å²) in [6, 6.07) is 5.88. The molecule has 0 spiro atoms. The second kappa shape index (κ2) is 5.53. The van der Waals surface area contributed by atoms with Crippen molar-refractivity contribution in [3.8, 4) is 11.1 Å². The highest BCUT2D eigenvalue weighted by atomic mass is 16.5. The number of nitrogens with zero attached hydrogens (tertiary/aromatic N) is 1. The van der Waals surface area contributed by atoms with Gasteiger partial charge in [0, 0.05) is 31.1 Å². The summed E-state index contributed by atoms with van der Waals surface area (Å²) in [4.78, 5) is 12.7. The van der Waals surface area contributed by atoms with E-state index in [1.54, 1.807) is 0 Å². The highest BCUT2D eigenvalue weighted by Gasteiger charge is 2.50. The van der Waals surface area contributed by atoms with E-state index in [0.29, 0.717) is 32.5 Å². The molecule has 1 atom stereocenters. The van der Waals surface area contributed by atoms with Crippen LogP contribution in [0, 0.1) is 19.8 Å². The molecular weight excluding hydrogens is 306 g/mol. The third kappa shape index (κ3) is 2.15. The molecule has 2 heterocycles. The Bertz CT molecular complexity index is 784. The van der Waals surface area contributed by atoms with Crippen LogP contribution in [-0.4, -0.2) is 29.3 Å². The maximum absolute atomic E-state index is 12.7. The number of carbonyl (C=O) groups is 1. The fourth-order valence-corrected chi connectivity index (χ4v) is 4.16. The van der Waals surface area contributed by atoms with Gasteiger partial charge >= 0.3 is 0 Å². The summed E-state index contributed by atoms with van der Waals surface area (Å²) in [5.41, 5.74) is 2.96. The van der Waals surface area contributed by atoms with Gasteiger partial charge in [-0.15, -0.1) is 0 Å². The zero-order chi connectivity index (χ0) is 16.9. The maximum atomic E-state index is 12.7. The lowest BCUT2D eigenvalue weighted by atomic mass is 9.77. The molecule has 1 unspecified atom stereocenters. The van der Waals surface area contributed by atoms with Crippen LogP contribution in [0.2, 0.25) is 0 Å². The number of rotatable bonds is 2. The number of hydrogen-bond donors (Lipinski definition) is 1. The molecule has 1 saturated heterocycles. The Kier molecular flexibility index (Phi) is 3.58. The zero-order valence-corrected chi connectivity index (χ0v) is 14.0. The predicted octanol–water partition coefficient (Wildman–Crippen LogP) is 2.70. The van der Waals surface area contributed by atoms with Crippen molar-refractivity contribution in [3.63, 3.8) is 0 Å². The molecule has 5 nitrogen and oxygen atoms in total. The predicted molar refractivity (Wildman–Crippen MR) is 87.6 cm³/mol. The van der Waals surface area contributed by atoms with Gasteiger partial charge in [-0.1, -0.05) is 17.3 Å². The van der Waals surface area contributed by atoms with Gasteiger partial charge in [-0.2, -0.15) is 0 Å². The molecule has 5 heteroatoms. The molecule has 1 N–H and O–H groups in total. The van der Waals surface area contributed by atoms with Crippen LogP contribution in [0.25, 0.3) is 11.1 Å². The first kappa shape index (κ1) is 15.5. The third-order valence-corrected chi connectivity index (χ3v) is 5.43. The molecule has 4 rings (SSSR count). The van der Waals surface area contributed by atoms with Gasteiger partial charge in [0.05, 0.1) is 5.69 Å². The number of carbonyl (C=O) groups excluding carboxylic acids is 1. The molecule has 1 fully saturated rings. The van der Waals surface area contributed by atoms with Crippen molar-refractivity contribution < 1.29 is 19.2 Å². The van der Waals surface area contributed by atoms with Gasteiger partial charge in [0.2, 0.25) is 0 Å². The van der Waals surface area contributed by atoms with Crippen LogP contribution in [0.3, 0.4) is 0 Å². The number of ketones is 1. The summed E-state index contributed by atoms with van der Waals surface area (Å²) in [7, 11) is 0. The topological polar surface area (TPSA) is 72.6 Å². The van der Waals surface area contributed by atoms with Gasteiger partial charge in [-0.25, -0.2) is 0 Å². The van der Waals surface area contributed by atoms with E-state index in [4.69, 9.17) is 9.26 Å². The van der Waals surface area contributed by atoms with Crippen molar-refractivity contribution in [1.82, 2.24) is 5.16 Å². The molecule has 1 aromatic heterocycles. The minimum Gasteiger partial charge on any atom is -0.381 e. The number of aromatic nitrogens is 1. The first-order valence-corrected chi connectivity index (χ1v) is 8.42. The van der Waals surface area contributed by atoms with Crippen LogP contribution >= 0.6 is 0 Å². The molecule has 24 heavy (non-hydrogen) atoms. The van der Waals surface area contributed by atoms with Gasteiger partial charge in [-0.05, 0) is 49.4 Å². The van der Waals surface area contributed by atoms with Crippen molar-refractivity contribution >= 4 is 5.78 Å².